The van der Waals surface area contributed by atoms with E-state index in [1.165, 1.54) is 0 Å². The standard InChI is InChI=1S/C24H31N3O4/c1-16-22(17(2)31-26-16)11-12-24(29)27-19-7-6-8-20(27)14-18(13-19)25-23(28)15-30-21-9-4-3-5-10-21/h3-5,9-10,18-20H,6-8,11-15H2,1-2H3,(H,25,28)/t18?,19-,20+. The number of hydrogen-bond donors (Lipinski definition) is 1. The van der Waals surface area contributed by atoms with Crippen LogP contribution < -0.4 is 10.1 Å². The zero-order valence-corrected chi connectivity index (χ0v) is 18.3. The molecule has 2 aliphatic heterocycles. The van der Waals surface area contributed by atoms with E-state index in [0.29, 0.717) is 18.6 Å². The maximum absolute atomic E-state index is 13.1. The highest BCUT2D eigenvalue weighted by atomic mass is 16.5. The molecule has 1 aromatic heterocycles. The summed E-state index contributed by atoms with van der Waals surface area (Å²) in [6.07, 6.45) is 5.89. The maximum atomic E-state index is 13.1. The summed E-state index contributed by atoms with van der Waals surface area (Å²) in [5.74, 6) is 1.58. The minimum atomic E-state index is -0.106. The Morgan fingerprint density at radius 3 is 2.52 bits per heavy atom. The maximum Gasteiger partial charge on any atom is 0.258 e. The van der Waals surface area contributed by atoms with Crippen molar-refractivity contribution >= 4 is 11.8 Å². The smallest absolute Gasteiger partial charge is 0.258 e. The normalized spacial score (nSPS) is 22.8. The van der Waals surface area contributed by atoms with Crippen molar-refractivity contribution in [3.63, 3.8) is 0 Å². The van der Waals surface area contributed by atoms with Crippen LogP contribution in [0.15, 0.2) is 34.9 Å². The minimum Gasteiger partial charge on any atom is -0.484 e. The summed E-state index contributed by atoms with van der Waals surface area (Å²) in [4.78, 5) is 27.6. The summed E-state index contributed by atoms with van der Waals surface area (Å²) in [5.41, 5.74) is 1.91. The molecule has 2 saturated heterocycles. The van der Waals surface area contributed by atoms with Crippen molar-refractivity contribution in [3.05, 3.63) is 47.3 Å². The summed E-state index contributed by atoms with van der Waals surface area (Å²) >= 11 is 0. The van der Waals surface area contributed by atoms with Gasteiger partial charge in [0.25, 0.3) is 5.91 Å². The number of nitrogens with one attached hydrogen (secondary N) is 1. The van der Waals surface area contributed by atoms with Crippen LogP contribution in [0.5, 0.6) is 5.75 Å². The molecular formula is C24H31N3O4. The van der Waals surface area contributed by atoms with Crippen LogP contribution in [0.4, 0.5) is 0 Å². The van der Waals surface area contributed by atoms with Crippen molar-refractivity contribution in [3.8, 4) is 5.75 Å². The van der Waals surface area contributed by atoms with Crippen LogP contribution in [0.25, 0.3) is 0 Å². The van der Waals surface area contributed by atoms with Gasteiger partial charge in [0.2, 0.25) is 5.91 Å². The number of piperidine rings is 2. The first-order valence-corrected chi connectivity index (χ1v) is 11.2. The number of rotatable bonds is 7. The third-order valence-corrected chi connectivity index (χ3v) is 6.51. The van der Waals surface area contributed by atoms with E-state index in [-0.39, 0.29) is 36.5 Å². The summed E-state index contributed by atoms with van der Waals surface area (Å²) in [6, 6.07) is 9.84. The third-order valence-electron chi connectivity index (χ3n) is 6.51. The van der Waals surface area contributed by atoms with Crippen molar-refractivity contribution in [2.24, 2.45) is 0 Å². The van der Waals surface area contributed by atoms with Gasteiger partial charge < -0.3 is 19.5 Å². The lowest BCUT2D eigenvalue weighted by molar-refractivity contribution is -0.141. The van der Waals surface area contributed by atoms with Gasteiger partial charge in [0, 0.05) is 30.1 Å². The Kier molecular flexibility index (Phi) is 6.59. The van der Waals surface area contributed by atoms with Crippen LogP contribution in [-0.4, -0.2) is 46.6 Å². The van der Waals surface area contributed by atoms with Crippen LogP contribution in [0, 0.1) is 13.8 Å². The summed E-state index contributed by atoms with van der Waals surface area (Å²) in [5, 5.41) is 7.11. The number of ether oxygens (including phenoxy) is 1. The van der Waals surface area contributed by atoms with Crippen molar-refractivity contribution in [1.82, 2.24) is 15.4 Å². The Bertz CT molecular complexity index is 877. The molecule has 3 atom stereocenters. The topological polar surface area (TPSA) is 84.7 Å². The van der Waals surface area contributed by atoms with Gasteiger partial charge in [0.15, 0.2) is 6.61 Å². The van der Waals surface area contributed by atoms with E-state index in [4.69, 9.17) is 9.26 Å². The van der Waals surface area contributed by atoms with Gasteiger partial charge in [-0.05, 0) is 64.5 Å². The second kappa shape index (κ2) is 9.54. The fourth-order valence-corrected chi connectivity index (χ4v) is 5.06. The quantitative estimate of drug-likeness (QED) is 0.736. The molecule has 3 heterocycles. The number of aryl methyl sites for hydroxylation is 2. The monoisotopic (exact) mass is 425 g/mol. The zero-order chi connectivity index (χ0) is 21.8. The Labute approximate surface area is 183 Å². The second-order valence-electron chi connectivity index (χ2n) is 8.68. The number of amides is 2. The summed E-state index contributed by atoms with van der Waals surface area (Å²) in [6.45, 7) is 3.82. The van der Waals surface area contributed by atoms with Gasteiger partial charge in [0.05, 0.1) is 5.69 Å². The number of nitrogens with zero attached hydrogens (tertiary/aromatic N) is 2. The van der Waals surface area contributed by atoms with Crippen molar-refractivity contribution < 1.29 is 18.8 Å². The third kappa shape index (κ3) is 5.09. The fourth-order valence-electron chi connectivity index (χ4n) is 5.06. The predicted octanol–water partition coefficient (Wildman–Crippen LogP) is 3.33. The van der Waals surface area contributed by atoms with Gasteiger partial charge in [-0.3, -0.25) is 9.59 Å². The molecule has 7 nitrogen and oxygen atoms in total. The van der Waals surface area contributed by atoms with E-state index in [9.17, 15) is 9.59 Å². The molecule has 0 aliphatic carbocycles. The van der Waals surface area contributed by atoms with Gasteiger partial charge in [-0.15, -0.1) is 0 Å². The molecule has 2 bridgehead atoms. The first kappa shape index (κ1) is 21.4. The molecule has 1 unspecified atom stereocenters. The SMILES string of the molecule is Cc1noc(C)c1CCC(=O)N1[C@@H]2CCC[C@H]1CC(NC(=O)COc1ccccc1)C2. The molecule has 0 radical (unpaired) electrons. The van der Waals surface area contributed by atoms with E-state index in [0.717, 1.165) is 49.1 Å². The van der Waals surface area contributed by atoms with Gasteiger partial charge in [-0.2, -0.15) is 0 Å². The predicted molar refractivity (Wildman–Crippen MR) is 116 cm³/mol. The van der Waals surface area contributed by atoms with Crippen LogP contribution in [0.3, 0.4) is 0 Å². The largest absolute Gasteiger partial charge is 0.484 e. The Morgan fingerprint density at radius 1 is 1.16 bits per heavy atom. The number of fused-ring (bicyclic) bond motifs is 2. The van der Waals surface area contributed by atoms with Crippen molar-refractivity contribution in [2.75, 3.05) is 6.61 Å². The lowest BCUT2D eigenvalue weighted by Crippen LogP contribution is -2.59. The highest BCUT2D eigenvalue weighted by molar-refractivity contribution is 5.79. The molecule has 4 rings (SSSR count). The Balaban J connectivity index is 1.30. The molecule has 2 fully saturated rings. The van der Waals surface area contributed by atoms with Gasteiger partial charge in [0.1, 0.15) is 11.5 Å². The van der Waals surface area contributed by atoms with Crippen LogP contribution in [-0.2, 0) is 16.0 Å². The zero-order valence-electron chi connectivity index (χ0n) is 18.3. The average Bonchev–Trinajstić information content (AvgIpc) is 3.08. The minimum absolute atomic E-state index is 0.00985. The van der Waals surface area contributed by atoms with Crippen LogP contribution in [0.1, 0.15) is 55.5 Å². The van der Waals surface area contributed by atoms with E-state index in [1.807, 2.05) is 44.2 Å². The molecule has 31 heavy (non-hydrogen) atoms. The molecule has 0 saturated carbocycles. The van der Waals surface area contributed by atoms with Crippen molar-refractivity contribution in [2.45, 2.75) is 76.9 Å². The van der Waals surface area contributed by atoms with Gasteiger partial charge >= 0.3 is 0 Å². The molecule has 1 aromatic carbocycles. The van der Waals surface area contributed by atoms with Gasteiger partial charge in [-0.25, -0.2) is 0 Å². The molecule has 166 valence electrons. The number of aromatic nitrogens is 1. The van der Waals surface area contributed by atoms with E-state index < -0.39 is 0 Å². The Hall–Kier alpha value is -2.83. The second-order valence-corrected chi connectivity index (χ2v) is 8.68. The van der Waals surface area contributed by atoms with E-state index in [1.54, 1.807) is 0 Å². The number of benzene rings is 1. The summed E-state index contributed by atoms with van der Waals surface area (Å²) in [7, 11) is 0. The lowest BCUT2D eigenvalue weighted by atomic mass is 9.81. The first-order chi connectivity index (χ1) is 15.0. The Morgan fingerprint density at radius 2 is 1.87 bits per heavy atom. The summed E-state index contributed by atoms with van der Waals surface area (Å²) < 4.78 is 10.8. The van der Waals surface area contributed by atoms with Crippen LogP contribution >= 0.6 is 0 Å². The van der Waals surface area contributed by atoms with E-state index >= 15 is 0 Å². The van der Waals surface area contributed by atoms with Crippen molar-refractivity contribution in [1.29, 1.82) is 0 Å². The average molecular weight is 426 g/mol. The molecule has 7 heteroatoms. The fraction of sp³-hybridized carbons (Fsp3) is 0.542. The van der Waals surface area contributed by atoms with E-state index in [2.05, 4.69) is 15.4 Å². The van der Waals surface area contributed by atoms with Crippen LogP contribution in [0.2, 0.25) is 0 Å². The highest BCUT2D eigenvalue weighted by Gasteiger charge is 2.41. The number of carbonyl (C=O) groups excluding carboxylic acids is 2. The number of carbonyl (C=O) groups is 2. The number of para-hydroxylation sites is 1. The number of hydrogen-bond acceptors (Lipinski definition) is 5. The highest BCUT2D eigenvalue weighted by Crippen LogP contribution is 2.35. The first-order valence-electron chi connectivity index (χ1n) is 11.2. The lowest BCUT2D eigenvalue weighted by Gasteiger charge is -2.49. The molecule has 2 aromatic rings. The molecule has 2 aliphatic rings. The molecule has 2 amide bonds. The molecular weight excluding hydrogens is 394 g/mol. The molecule has 0 spiro atoms. The van der Waals surface area contributed by atoms with Gasteiger partial charge in [-0.1, -0.05) is 23.4 Å². The molecule has 1 N–H and O–H groups in total.